The SMILES string of the molecule is N#Cc1c(F)c(F)c(Oc2ccc(F)cc2)c(F)c1C#N. The van der Waals surface area contributed by atoms with Gasteiger partial charge in [-0.25, -0.2) is 13.2 Å². The molecular formula is C14H4F4N2O. The second-order valence-corrected chi connectivity index (χ2v) is 3.80. The summed E-state index contributed by atoms with van der Waals surface area (Å²) in [7, 11) is 0. The van der Waals surface area contributed by atoms with E-state index in [0.29, 0.717) is 0 Å². The van der Waals surface area contributed by atoms with E-state index in [4.69, 9.17) is 15.3 Å². The fourth-order valence-corrected chi connectivity index (χ4v) is 1.56. The normalized spacial score (nSPS) is 9.81. The Hall–Kier alpha value is -3.06. The van der Waals surface area contributed by atoms with Crippen LogP contribution in [0.2, 0.25) is 0 Å². The van der Waals surface area contributed by atoms with Crippen LogP contribution in [0.15, 0.2) is 24.3 Å². The molecule has 0 aromatic heterocycles. The maximum Gasteiger partial charge on any atom is 0.205 e. The van der Waals surface area contributed by atoms with Crippen molar-refractivity contribution in [3.8, 4) is 23.6 Å². The number of nitrogens with zero attached hydrogens (tertiary/aromatic N) is 2. The zero-order valence-corrected chi connectivity index (χ0v) is 10.1. The van der Waals surface area contributed by atoms with Crippen LogP contribution < -0.4 is 4.74 Å². The summed E-state index contributed by atoms with van der Waals surface area (Å²) in [6, 6.07) is 6.56. The summed E-state index contributed by atoms with van der Waals surface area (Å²) in [5.41, 5.74) is -2.01. The maximum absolute atomic E-state index is 13.9. The molecule has 0 radical (unpaired) electrons. The molecule has 0 spiro atoms. The Balaban J connectivity index is 2.60. The van der Waals surface area contributed by atoms with Gasteiger partial charge in [0.15, 0.2) is 11.6 Å². The molecule has 2 rings (SSSR count). The molecular weight excluding hydrogens is 288 g/mol. The Morgan fingerprint density at radius 2 is 1.29 bits per heavy atom. The molecule has 0 bridgehead atoms. The fraction of sp³-hybridized carbons (Fsp3) is 0. The first-order valence-electron chi connectivity index (χ1n) is 5.43. The van der Waals surface area contributed by atoms with E-state index in [0.717, 1.165) is 24.3 Å². The lowest BCUT2D eigenvalue weighted by atomic mass is 10.1. The number of ether oxygens (including phenoxy) is 1. The molecule has 0 aliphatic heterocycles. The third kappa shape index (κ3) is 2.49. The molecule has 0 unspecified atom stereocenters. The highest BCUT2D eigenvalue weighted by atomic mass is 19.2. The van der Waals surface area contributed by atoms with Crippen LogP contribution in [0.25, 0.3) is 0 Å². The molecule has 3 nitrogen and oxygen atoms in total. The standard InChI is InChI=1S/C14H4F4N2O/c15-7-1-3-8(4-2-7)21-14-12(17)10(6-20)9(5-19)11(16)13(14)18/h1-4H. The third-order valence-corrected chi connectivity index (χ3v) is 2.54. The molecule has 0 N–H and O–H groups in total. The zero-order valence-electron chi connectivity index (χ0n) is 10.1. The molecule has 0 saturated heterocycles. The Morgan fingerprint density at radius 1 is 0.762 bits per heavy atom. The second kappa shape index (κ2) is 5.51. The highest BCUT2D eigenvalue weighted by Crippen LogP contribution is 2.33. The van der Waals surface area contributed by atoms with Crippen LogP contribution in [0.1, 0.15) is 11.1 Å². The van der Waals surface area contributed by atoms with Gasteiger partial charge >= 0.3 is 0 Å². The molecule has 0 aliphatic rings. The lowest BCUT2D eigenvalue weighted by Crippen LogP contribution is -2.03. The van der Waals surface area contributed by atoms with E-state index in [1.807, 2.05) is 0 Å². The highest BCUT2D eigenvalue weighted by molar-refractivity contribution is 5.53. The third-order valence-electron chi connectivity index (χ3n) is 2.54. The number of halogens is 4. The summed E-state index contributed by atoms with van der Waals surface area (Å²) in [6.45, 7) is 0. The summed E-state index contributed by atoms with van der Waals surface area (Å²) in [6.07, 6.45) is 0. The van der Waals surface area contributed by atoms with Crippen LogP contribution in [-0.4, -0.2) is 0 Å². The molecule has 7 heteroatoms. The second-order valence-electron chi connectivity index (χ2n) is 3.80. The Bertz CT molecular complexity index is 789. The van der Waals surface area contributed by atoms with Gasteiger partial charge in [0, 0.05) is 0 Å². The predicted molar refractivity (Wildman–Crippen MR) is 62.2 cm³/mol. The van der Waals surface area contributed by atoms with Crippen LogP contribution in [-0.2, 0) is 0 Å². The lowest BCUT2D eigenvalue weighted by Gasteiger charge is -2.10. The molecule has 0 saturated carbocycles. The first-order chi connectivity index (χ1) is 9.99. The monoisotopic (exact) mass is 292 g/mol. The average molecular weight is 292 g/mol. The molecule has 0 fully saturated rings. The molecule has 0 atom stereocenters. The van der Waals surface area contributed by atoms with Crippen molar-refractivity contribution in [2.45, 2.75) is 0 Å². The number of hydrogen-bond donors (Lipinski definition) is 0. The van der Waals surface area contributed by atoms with Gasteiger partial charge < -0.3 is 4.74 Å². The molecule has 0 amide bonds. The van der Waals surface area contributed by atoms with Crippen LogP contribution in [0.3, 0.4) is 0 Å². The minimum atomic E-state index is -1.74. The first-order valence-corrected chi connectivity index (χ1v) is 5.43. The van der Waals surface area contributed by atoms with E-state index >= 15 is 0 Å². The summed E-state index contributed by atoms with van der Waals surface area (Å²) in [4.78, 5) is 0. The summed E-state index contributed by atoms with van der Waals surface area (Å²) in [5.74, 6) is -6.87. The van der Waals surface area contributed by atoms with Crippen molar-refractivity contribution in [1.82, 2.24) is 0 Å². The van der Waals surface area contributed by atoms with Gasteiger partial charge in [-0.15, -0.1) is 0 Å². The number of nitriles is 2. The molecule has 21 heavy (non-hydrogen) atoms. The first kappa shape index (κ1) is 14.4. The van der Waals surface area contributed by atoms with E-state index in [2.05, 4.69) is 0 Å². The highest BCUT2D eigenvalue weighted by Gasteiger charge is 2.26. The van der Waals surface area contributed by atoms with E-state index in [-0.39, 0.29) is 5.75 Å². The van der Waals surface area contributed by atoms with Gasteiger partial charge in [0.05, 0.1) is 0 Å². The topological polar surface area (TPSA) is 56.8 Å². The van der Waals surface area contributed by atoms with Crippen molar-refractivity contribution in [2.24, 2.45) is 0 Å². The summed E-state index contributed by atoms with van der Waals surface area (Å²) < 4.78 is 58.8. The van der Waals surface area contributed by atoms with Crippen molar-refractivity contribution in [1.29, 1.82) is 10.5 Å². The van der Waals surface area contributed by atoms with Crippen molar-refractivity contribution >= 4 is 0 Å². The summed E-state index contributed by atoms with van der Waals surface area (Å²) >= 11 is 0. The van der Waals surface area contributed by atoms with Gasteiger partial charge in [-0.05, 0) is 24.3 Å². The van der Waals surface area contributed by atoms with Gasteiger partial charge in [-0.3, -0.25) is 0 Å². The largest absolute Gasteiger partial charge is 0.451 e. The average Bonchev–Trinajstić information content (AvgIpc) is 2.49. The lowest BCUT2D eigenvalue weighted by molar-refractivity contribution is 0.384. The fourth-order valence-electron chi connectivity index (χ4n) is 1.56. The number of rotatable bonds is 2. The van der Waals surface area contributed by atoms with E-state index < -0.39 is 40.1 Å². The van der Waals surface area contributed by atoms with Crippen molar-refractivity contribution < 1.29 is 22.3 Å². The number of hydrogen-bond acceptors (Lipinski definition) is 3. The summed E-state index contributed by atoms with van der Waals surface area (Å²) in [5, 5.41) is 17.4. The van der Waals surface area contributed by atoms with Gasteiger partial charge in [-0.1, -0.05) is 0 Å². The quantitative estimate of drug-likeness (QED) is 0.625. The Labute approximate surface area is 116 Å². The molecule has 0 aliphatic carbocycles. The van der Waals surface area contributed by atoms with Crippen LogP contribution >= 0.6 is 0 Å². The van der Waals surface area contributed by atoms with Gasteiger partial charge in [0.25, 0.3) is 0 Å². The Kier molecular flexibility index (Phi) is 3.77. The zero-order chi connectivity index (χ0) is 15.6. The van der Waals surface area contributed by atoms with Crippen LogP contribution in [0.5, 0.6) is 11.5 Å². The van der Waals surface area contributed by atoms with Crippen LogP contribution in [0.4, 0.5) is 17.6 Å². The molecule has 2 aromatic rings. The van der Waals surface area contributed by atoms with Crippen molar-refractivity contribution in [2.75, 3.05) is 0 Å². The predicted octanol–water partition coefficient (Wildman–Crippen LogP) is 3.78. The van der Waals surface area contributed by atoms with E-state index in [1.54, 1.807) is 0 Å². The number of benzene rings is 2. The maximum atomic E-state index is 13.9. The van der Waals surface area contributed by atoms with Crippen molar-refractivity contribution in [3.05, 3.63) is 58.7 Å². The van der Waals surface area contributed by atoms with Crippen molar-refractivity contribution in [3.63, 3.8) is 0 Å². The molecule has 2 aromatic carbocycles. The minimum absolute atomic E-state index is 0.165. The molecule has 0 heterocycles. The van der Waals surface area contributed by atoms with Gasteiger partial charge in [0.2, 0.25) is 11.6 Å². The smallest absolute Gasteiger partial charge is 0.205 e. The van der Waals surface area contributed by atoms with E-state index in [1.165, 1.54) is 12.1 Å². The van der Waals surface area contributed by atoms with Crippen LogP contribution in [0, 0.1) is 45.9 Å². The molecule has 104 valence electrons. The Morgan fingerprint density at radius 3 is 1.81 bits per heavy atom. The minimum Gasteiger partial charge on any atom is -0.451 e. The van der Waals surface area contributed by atoms with Gasteiger partial charge in [0.1, 0.15) is 34.8 Å². The van der Waals surface area contributed by atoms with E-state index in [9.17, 15) is 17.6 Å². The van der Waals surface area contributed by atoms with Gasteiger partial charge in [-0.2, -0.15) is 14.9 Å².